The number of nitrogens with zero attached hydrogens (tertiary/aromatic N) is 5. The molecule has 0 unspecified atom stereocenters. The number of para-hydroxylation sites is 1. The Bertz CT molecular complexity index is 1230. The lowest BCUT2D eigenvalue weighted by molar-refractivity contribution is 0.0748. The quantitative estimate of drug-likeness (QED) is 0.513. The van der Waals surface area contributed by atoms with E-state index >= 15 is 0 Å². The summed E-state index contributed by atoms with van der Waals surface area (Å²) in [6.07, 6.45) is 1.80. The molecule has 2 aromatic heterocycles. The number of rotatable bonds is 3. The largest absolute Gasteiger partial charge is 0.353 e. The van der Waals surface area contributed by atoms with Crippen LogP contribution in [0.3, 0.4) is 0 Å². The van der Waals surface area contributed by atoms with Crippen LogP contribution in [0.15, 0.2) is 72.9 Å². The van der Waals surface area contributed by atoms with Gasteiger partial charge in [-0.05, 0) is 25.1 Å². The fraction of sp³-hybridized carbons (Fsp3) is 0.200. The Morgan fingerprint density at radius 3 is 2.42 bits per heavy atom. The van der Waals surface area contributed by atoms with Gasteiger partial charge in [-0.1, -0.05) is 48.5 Å². The van der Waals surface area contributed by atoms with Gasteiger partial charge >= 0.3 is 0 Å². The van der Waals surface area contributed by atoms with Gasteiger partial charge in [0.25, 0.3) is 5.91 Å². The minimum Gasteiger partial charge on any atom is -0.353 e. The van der Waals surface area contributed by atoms with Crippen LogP contribution < -0.4 is 4.90 Å². The zero-order chi connectivity index (χ0) is 21.2. The Hall–Kier alpha value is -3.80. The lowest BCUT2D eigenvalue weighted by atomic mass is 10.1. The minimum atomic E-state index is 0.0639. The standard InChI is InChI=1S/C25H23N5O/c1-18-17-21(20-9-5-6-10-22(20)27-18)25(31)30-15-13-29(14-16-30)23-11-12-26-24(28-23)19-7-3-2-4-8-19/h2-12,17H,13-16H2,1H3. The van der Waals surface area contributed by atoms with Crippen molar-refractivity contribution in [3.63, 3.8) is 0 Å². The van der Waals surface area contributed by atoms with Crippen LogP contribution in [-0.4, -0.2) is 51.9 Å². The maximum Gasteiger partial charge on any atom is 0.254 e. The van der Waals surface area contributed by atoms with E-state index in [0.717, 1.165) is 52.5 Å². The van der Waals surface area contributed by atoms with E-state index in [0.29, 0.717) is 13.1 Å². The molecule has 0 saturated carbocycles. The Balaban J connectivity index is 1.33. The highest BCUT2D eigenvalue weighted by molar-refractivity contribution is 6.06. The molecule has 3 heterocycles. The van der Waals surface area contributed by atoms with Gasteiger partial charge in [0.2, 0.25) is 0 Å². The molecule has 0 radical (unpaired) electrons. The smallest absolute Gasteiger partial charge is 0.254 e. The third kappa shape index (κ3) is 3.84. The molecule has 1 aliphatic heterocycles. The summed E-state index contributed by atoms with van der Waals surface area (Å²) < 4.78 is 0. The first kappa shape index (κ1) is 19.2. The van der Waals surface area contributed by atoms with Gasteiger partial charge in [0.05, 0.1) is 11.1 Å². The monoisotopic (exact) mass is 409 g/mol. The molecule has 1 amide bonds. The first-order valence-electron chi connectivity index (χ1n) is 10.5. The maximum atomic E-state index is 13.3. The number of anilines is 1. The predicted molar refractivity (Wildman–Crippen MR) is 122 cm³/mol. The third-order valence-corrected chi connectivity index (χ3v) is 5.64. The number of benzene rings is 2. The van der Waals surface area contributed by atoms with Gasteiger partial charge < -0.3 is 9.80 Å². The summed E-state index contributed by atoms with van der Waals surface area (Å²) >= 11 is 0. The SMILES string of the molecule is Cc1cc(C(=O)N2CCN(c3ccnc(-c4ccccc4)n3)CC2)c2ccccc2n1. The molecular formula is C25H23N5O. The van der Waals surface area contributed by atoms with E-state index in [1.165, 1.54) is 0 Å². The van der Waals surface area contributed by atoms with Crippen LogP contribution in [0.4, 0.5) is 5.82 Å². The van der Waals surface area contributed by atoms with Gasteiger partial charge in [-0.3, -0.25) is 9.78 Å². The van der Waals surface area contributed by atoms with Crippen LogP contribution in [0.2, 0.25) is 0 Å². The highest BCUT2D eigenvalue weighted by Crippen LogP contribution is 2.22. The Morgan fingerprint density at radius 1 is 0.871 bits per heavy atom. The van der Waals surface area contributed by atoms with E-state index in [4.69, 9.17) is 4.98 Å². The van der Waals surface area contributed by atoms with Crippen LogP contribution in [0.1, 0.15) is 16.1 Å². The lowest BCUT2D eigenvalue weighted by Gasteiger charge is -2.35. The van der Waals surface area contributed by atoms with E-state index in [1.54, 1.807) is 6.20 Å². The van der Waals surface area contributed by atoms with Crippen molar-refractivity contribution in [3.05, 3.63) is 84.2 Å². The second kappa shape index (κ2) is 8.14. The fourth-order valence-electron chi connectivity index (χ4n) is 4.05. The normalized spacial score (nSPS) is 14.1. The van der Waals surface area contributed by atoms with E-state index in [-0.39, 0.29) is 5.91 Å². The van der Waals surface area contributed by atoms with Gasteiger partial charge in [-0.25, -0.2) is 9.97 Å². The van der Waals surface area contributed by atoms with E-state index in [1.807, 2.05) is 78.6 Å². The lowest BCUT2D eigenvalue weighted by Crippen LogP contribution is -2.49. The van der Waals surface area contributed by atoms with Crippen molar-refractivity contribution in [1.82, 2.24) is 19.9 Å². The highest BCUT2D eigenvalue weighted by atomic mass is 16.2. The average Bonchev–Trinajstić information content (AvgIpc) is 2.84. The summed E-state index contributed by atoms with van der Waals surface area (Å²) in [4.78, 5) is 31.2. The van der Waals surface area contributed by atoms with Crippen molar-refractivity contribution in [3.8, 4) is 11.4 Å². The number of carbonyl (C=O) groups is 1. The second-order valence-electron chi connectivity index (χ2n) is 7.71. The molecule has 0 spiro atoms. The first-order chi connectivity index (χ1) is 15.2. The van der Waals surface area contributed by atoms with E-state index in [9.17, 15) is 4.79 Å². The van der Waals surface area contributed by atoms with Crippen LogP contribution >= 0.6 is 0 Å². The topological polar surface area (TPSA) is 62.2 Å². The second-order valence-corrected chi connectivity index (χ2v) is 7.71. The van der Waals surface area contributed by atoms with Crippen molar-refractivity contribution in [1.29, 1.82) is 0 Å². The van der Waals surface area contributed by atoms with E-state index in [2.05, 4.69) is 14.9 Å². The van der Waals surface area contributed by atoms with Gasteiger partial charge in [0.15, 0.2) is 5.82 Å². The molecule has 1 aliphatic rings. The summed E-state index contributed by atoms with van der Waals surface area (Å²) in [5.74, 6) is 1.68. The van der Waals surface area contributed by atoms with E-state index < -0.39 is 0 Å². The number of fused-ring (bicyclic) bond motifs is 1. The molecule has 1 fully saturated rings. The molecule has 6 heteroatoms. The number of aromatic nitrogens is 3. The van der Waals surface area contributed by atoms with Crippen LogP contribution in [0, 0.1) is 6.92 Å². The van der Waals surface area contributed by atoms with Crippen molar-refractivity contribution in [2.75, 3.05) is 31.1 Å². The van der Waals surface area contributed by atoms with Gasteiger partial charge in [0, 0.05) is 49.0 Å². The molecule has 0 N–H and O–H groups in total. The molecule has 6 nitrogen and oxygen atoms in total. The number of amides is 1. The Kier molecular flexibility index (Phi) is 5.04. The third-order valence-electron chi connectivity index (χ3n) is 5.64. The highest BCUT2D eigenvalue weighted by Gasteiger charge is 2.24. The Labute approximate surface area is 181 Å². The van der Waals surface area contributed by atoms with Crippen LogP contribution in [0.25, 0.3) is 22.3 Å². The van der Waals surface area contributed by atoms with Gasteiger partial charge in [-0.2, -0.15) is 0 Å². The predicted octanol–water partition coefficient (Wildman–Crippen LogP) is 3.96. The summed E-state index contributed by atoms with van der Waals surface area (Å²) in [5, 5.41) is 0.906. The molecule has 0 aliphatic carbocycles. The number of carbonyl (C=O) groups excluding carboxylic acids is 1. The number of hydrogen-bond donors (Lipinski definition) is 0. The zero-order valence-corrected chi connectivity index (χ0v) is 17.4. The minimum absolute atomic E-state index is 0.0639. The van der Waals surface area contributed by atoms with Crippen molar-refractivity contribution >= 4 is 22.6 Å². The number of aryl methyl sites for hydroxylation is 1. The van der Waals surface area contributed by atoms with Crippen LogP contribution in [0.5, 0.6) is 0 Å². The maximum absolute atomic E-state index is 13.3. The summed E-state index contributed by atoms with van der Waals surface area (Å²) in [5.41, 5.74) is 3.44. The molecule has 0 atom stereocenters. The molecular weight excluding hydrogens is 386 g/mol. The zero-order valence-electron chi connectivity index (χ0n) is 17.4. The molecule has 1 saturated heterocycles. The van der Waals surface area contributed by atoms with Crippen LogP contribution in [-0.2, 0) is 0 Å². The molecule has 4 aromatic rings. The summed E-state index contributed by atoms with van der Waals surface area (Å²) in [6.45, 7) is 4.71. The first-order valence-corrected chi connectivity index (χ1v) is 10.5. The summed E-state index contributed by atoms with van der Waals surface area (Å²) in [7, 11) is 0. The summed E-state index contributed by atoms with van der Waals surface area (Å²) in [6, 6.07) is 21.6. The molecule has 2 aromatic carbocycles. The number of piperazine rings is 1. The number of hydrogen-bond acceptors (Lipinski definition) is 5. The van der Waals surface area contributed by atoms with Crippen molar-refractivity contribution in [2.45, 2.75) is 6.92 Å². The number of pyridine rings is 1. The fourth-order valence-corrected chi connectivity index (χ4v) is 4.05. The molecule has 0 bridgehead atoms. The Morgan fingerprint density at radius 2 is 1.61 bits per heavy atom. The average molecular weight is 409 g/mol. The van der Waals surface area contributed by atoms with Gasteiger partial charge in [-0.15, -0.1) is 0 Å². The van der Waals surface area contributed by atoms with Crippen molar-refractivity contribution in [2.24, 2.45) is 0 Å². The molecule has 154 valence electrons. The molecule has 31 heavy (non-hydrogen) atoms. The van der Waals surface area contributed by atoms with Gasteiger partial charge in [0.1, 0.15) is 5.82 Å². The van der Waals surface area contributed by atoms with Crippen molar-refractivity contribution < 1.29 is 4.79 Å². The molecule has 5 rings (SSSR count).